The minimum absolute atomic E-state index is 0. The van der Waals surface area contributed by atoms with Crippen molar-refractivity contribution in [3.8, 4) is 0 Å². The van der Waals surface area contributed by atoms with Gasteiger partial charge in [-0.05, 0) is 26.0 Å². The van der Waals surface area contributed by atoms with Crippen molar-refractivity contribution in [2.24, 2.45) is 4.99 Å². The molecule has 144 valence electrons. The monoisotopic (exact) mass is 491 g/mol. The number of fused-ring (bicyclic) bond motifs is 1. The van der Waals surface area contributed by atoms with Gasteiger partial charge in [0.1, 0.15) is 5.65 Å². The normalized spacial score (nSPS) is 19.2. The first kappa shape index (κ1) is 20.9. The zero-order chi connectivity index (χ0) is 18.1. The minimum atomic E-state index is -3.05. The molecule has 1 aliphatic rings. The van der Waals surface area contributed by atoms with Gasteiger partial charge in [0.25, 0.3) is 0 Å². The van der Waals surface area contributed by atoms with Crippen LogP contribution in [0.5, 0.6) is 0 Å². The van der Waals surface area contributed by atoms with Crippen LogP contribution in [0.1, 0.15) is 19.5 Å². The molecule has 9 heteroatoms. The molecule has 0 unspecified atom stereocenters. The predicted octanol–water partition coefficient (Wildman–Crippen LogP) is 1.58. The Morgan fingerprint density at radius 1 is 1.38 bits per heavy atom. The van der Waals surface area contributed by atoms with E-state index in [0.29, 0.717) is 19.6 Å². The number of aliphatic imine (C=N–C) groups is 1. The number of halogens is 1. The van der Waals surface area contributed by atoms with Crippen LogP contribution in [0.2, 0.25) is 0 Å². The van der Waals surface area contributed by atoms with Crippen LogP contribution in [-0.4, -0.2) is 65.8 Å². The van der Waals surface area contributed by atoms with E-state index in [0.717, 1.165) is 23.7 Å². The van der Waals surface area contributed by atoms with Crippen molar-refractivity contribution in [3.63, 3.8) is 0 Å². The van der Waals surface area contributed by atoms with Gasteiger partial charge in [-0.25, -0.2) is 13.4 Å². The summed E-state index contributed by atoms with van der Waals surface area (Å²) >= 11 is 0. The van der Waals surface area contributed by atoms with Crippen LogP contribution < -0.4 is 5.32 Å². The third-order valence-corrected chi connectivity index (χ3v) is 7.17. The SMILES string of the molecule is CN=C(NCCc1cn2ccccc2n1)N1CCS(=O)(=O)C(C)(C)C1.I. The second-order valence-electron chi connectivity index (χ2n) is 6.92. The fraction of sp³-hybridized carbons (Fsp3) is 0.529. The Kier molecular flexibility index (Phi) is 6.54. The lowest BCUT2D eigenvalue weighted by atomic mass is 10.2. The Morgan fingerprint density at radius 3 is 2.81 bits per heavy atom. The quantitative estimate of drug-likeness (QED) is 0.401. The summed E-state index contributed by atoms with van der Waals surface area (Å²) in [6, 6.07) is 5.93. The molecular weight excluding hydrogens is 465 g/mol. The molecule has 0 atom stereocenters. The molecule has 1 saturated heterocycles. The van der Waals surface area contributed by atoms with Gasteiger partial charge >= 0.3 is 0 Å². The van der Waals surface area contributed by atoms with Crippen molar-refractivity contribution in [2.45, 2.75) is 25.0 Å². The van der Waals surface area contributed by atoms with Gasteiger partial charge in [0.05, 0.1) is 16.2 Å². The molecule has 0 radical (unpaired) electrons. The molecular formula is C17H26IN5O2S. The second kappa shape index (κ2) is 8.12. The molecule has 0 aliphatic carbocycles. The summed E-state index contributed by atoms with van der Waals surface area (Å²) in [5.74, 6) is 0.902. The largest absolute Gasteiger partial charge is 0.356 e. The molecule has 2 aromatic heterocycles. The summed E-state index contributed by atoms with van der Waals surface area (Å²) in [6.07, 6.45) is 4.78. The van der Waals surface area contributed by atoms with Gasteiger partial charge in [0, 0.05) is 45.5 Å². The van der Waals surface area contributed by atoms with E-state index in [4.69, 9.17) is 0 Å². The second-order valence-corrected chi connectivity index (χ2v) is 9.67. The molecule has 0 bridgehead atoms. The van der Waals surface area contributed by atoms with Crippen molar-refractivity contribution in [3.05, 3.63) is 36.3 Å². The van der Waals surface area contributed by atoms with Crippen LogP contribution in [0.25, 0.3) is 5.65 Å². The minimum Gasteiger partial charge on any atom is -0.356 e. The van der Waals surface area contributed by atoms with Gasteiger partial charge in [-0.3, -0.25) is 4.99 Å². The smallest absolute Gasteiger partial charge is 0.193 e. The lowest BCUT2D eigenvalue weighted by molar-refractivity contribution is 0.353. The Hall–Kier alpha value is -1.36. The van der Waals surface area contributed by atoms with Crippen molar-refractivity contribution >= 4 is 45.4 Å². The lowest BCUT2D eigenvalue weighted by Crippen LogP contribution is -2.57. The highest BCUT2D eigenvalue weighted by molar-refractivity contribution is 14.0. The summed E-state index contributed by atoms with van der Waals surface area (Å²) < 4.78 is 25.5. The number of rotatable bonds is 3. The number of pyridine rings is 1. The summed E-state index contributed by atoms with van der Waals surface area (Å²) in [6.45, 7) is 5.17. The van der Waals surface area contributed by atoms with Crippen LogP contribution in [0, 0.1) is 0 Å². The summed E-state index contributed by atoms with van der Waals surface area (Å²) in [5.41, 5.74) is 1.94. The maximum Gasteiger partial charge on any atom is 0.193 e. The van der Waals surface area contributed by atoms with Crippen LogP contribution in [0.3, 0.4) is 0 Å². The maximum absolute atomic E-state index is 12.1. The highest BCUT2D eigenvalue weighted by Gasteiger charge is 2.40. The molecule has 7 nitrogen and oxygen atoms in total. The predicted molar refractivity (Wildman–Crippen MR) is 115 cm³/mol. The fourth-order valence-electron chi connectivity index (χ4n) is 3.07. The van der Waals surface area contributed by atoms with E-state index in [1.807, 2.05) is 39.9 Å². The zero-order valence-corrected chi connectivity index (χ0v) is 18.5. The molecule has 1 aliphatic heterocycles. The molecule has 2 aromatic rings. The zero-order valence-electron chi connectivity index (χ0n) is 15.3. The van der Waals surface area contributed by atoms with Crippen molar-refractivity contribution in [1.29, 1.82) is 0 Å². The molecule has 3 rings (SSSR count). The molecule has 26 heavy (non-hydrogen) atoms. The highest BCUT2D eigenvalue weighted by atomic mass is 127. The van der Waals surface area contributed by atoms with E-state index in [1.165, 1.54) is 0 Å². The number of hydrogen-bond acceptors (Lipinski definition) is 4. The third kappa shape index (κ3) is 4.30. The Morgan fingerprint density at radius 2 is 2.15 bits per heavy atom. The van der Waals surface area contributed by atoms with E-state index in [1.54, 1.807) is 20.9 Å². The standard InChI is InChI=1S/C17H25N5O2S.HI/c1-17(2)13-22(10-11-25(17,23)24)16(18-3)19-8-7-14-12-21-9-5-4-6-15(21)20-14;/h4-6,9,12H,7-8,10-11,13H2,1-3H3,(H,18,19);1H. The van der Waals surface area contributed by atoms with Gasteiger partial charge in [0.2, 0.25) is 0 Å². The summed E-state index contributed by atoms with van der Waals surface area (Å²) in [4.78, 5) is 10.9. The number of nitrogens with zero attached hydrogens (tertiary/aromatic N) is 4. The van der Waals surface area contributed by atoms with E-state index in [-0.39, 0.29) is 29.7 Å². The molecule has 1 fully saturated rings. The average Bonchev–Trinajstić information content (AvgIpc) is 2.97. The number of imidazole rings is 1. The number of sulfone groups is 1. The van der Waals surface area contributed by atoms with Gasteiger partial charge in [0.15, 0.2) is 15.8 Å². The highest BCUT2D eigenvalue weighted by Crippen LogP contribution is 2.23. The fourth-order valence-corrected chi connectivity index (χ4v) is 4.43. The maximum atomic E-state index is 12.1. The van der Waals surface area contributed by atoms with E-state index in [9.17, 15) is 8.42 Å². The Labute approximate surface area is 171 Å². The number of hydrogen-bond donors (Lipinski definition) is 1. The summed E-state index contributed by atoms with van der Waals surface area (Å²) in [7, 11) is -1.33. The molecule has 3 heterocycles. The molecule has 0 amide bonds. The van der Waals surface area contributed by atoms with Crippen LogP contribution >= 0.6 is 24.0 Å². The van der Waals surface area contributed by atoms with Crippen molar-refractivity contribution < 1.29 is 8.42 Å². The number of guanidine groups is 1. The van der Waals surface area contributed by atoms with Gasteiger partial charge in [-0.15, -0.1) is 24.0 Å². The number of aromatic nitrogens is 2. The Bertz CT molecular complexity index is 858. The van der Waals surface area contributed by atoms with Crippen molar-refractivity contribution in [2.75, 3.05) is 32.4 Å². The van der Waals surface area contributed by atoms with Crippen LogP contribution in [-0.2, 0) is 16.3 Å². The topological polar surface area (TPSA) is 79.1 Å². The van der Waals surface area contributed by atoms with Gasteiger partial charge in [-0.1, -0.05) is 6.07 Å². The molecule has 0 saturated carbocycles. The van der Waals surface area contributed by atoms with Crippen LogP contribution in [0.4, 0.5) is 0 Å². The van der Waals surface area contributed by atoms with Gasteiger partial charge in [-0.2, -0.15) is 0 Å². The molecule has 0 spiro atoms. The molecule has 0 aromatic carbocycles. The average molecular weight is 491 g/mol. The van der Waals surface area contributed by atoms with Crippen LogP contribution in [0.15, 0.2) is 35.6 Å². The number of nitrogens with one attached hydrogen (secondary N) is 1. The first-order chi connectivity index (χ1) is 11.8. The molecule has 1 N–H and O–H groups in total. The first-order valence-electron chi connectivity index (χ1n) is 8.43. The Balaban J connectivity index is 0.00000243. The van der Waals surface area contributed by atoms with Crippen molar-refractivity contribution in [1.82, 2.24) is 19.6 Å². The van der Waals surface area contributed by atoms with E-state index < -0.39 is 14.6 Å². The van der Waals surface area contributed by atoms with Gasteiger partial charge < -0.3 is 14.6 Å². The summed E-state index contributed by atoms with van der Waals surface area (Å²) in [5, 5.41) is 3.33. The lowest BCUT2D eigenvalue weighted by Gasteiger charge is -2.39. The van der Waals surface area contributed by atoms with E-state index >= 15 is 0 Å². The first-order valence-corrected chi connectivity index (χ1v) is 10.1. The van der Waals surface area contributed by atoms with E-state index in [2.05, 4.69) is 15.3 Å². The third-order valence-electron chi connectivity index (χ3n) is 4.63.